The van der Waals surface area contributed by atoms with Crippen LogP contribution in [0.25, 0.3) is 11.3 Å². The average molecular weight is 298 g/mol. The molecule has 1 aromatic carbocycles. The first-order valence-corrected chi connectivity index (χ1v) is 6.60. The van der Waals surface area contributed by atoms with Crippen LogP contribution >= 0.6 is 0 Å². The molecule has 0 spiro atoms. The van der Waals surface area contributed by atoms with Gasteiger partial charge in [-0.1, -0.05) is 24.3 Å². The van der Waals surface area contributed by atoms with E-state index in [1.54, 1.807) is 17.8 Å². The molecule has 3 aromatic rings. The lowest BCUT2D eigenvalue weighted by molar-refractivity contribution is 0.101. The van der Waals surface area contributed by atoms with Crippen molar-refractivity contribution in [2.75, 3.05) is 5.32 Å². The fraction of sp³-hybridized carbons (Fsp3) is 0.143. The number of benzene rings is 1. The van der Waals surface area contributed by atoms with Crippen molar-refractivity contribution in [3.63, 3.8) is 0 Å². The van der Waals surface area contributed by atoms with Gasteiger partial charge in [0.25, 0.3) is 5.91 Å². The first kappa shape index (κ1) is 13.8. The Balaban J connectivity index is 1.88. The Kier molecular flexibility index (Phi) is 3.34. The van der Waals surface area contributed by atoms with Gasteiger partial charge >= 0.3 is 5.69 Å². The molecule has 22 heavy (non-hydrogen) atoms. The minimum Gasteiger partial charge on any atom is -0.304 e. The molecule has 0 fully saturated rings. The quantitative estimate of drug-likeness (QED) is 0.671. The van der Waals surface area contributed by atoms with Crippen LogP contribution in [0.1, 0.15) is 16.2 Å². The highest BCUT2D eigenvalue weighted by Gasteiger charge is 2.14. The molecule has 0 unspecified atom stereocenters. The summed E-state index contributed by atoms with van der Waals surface area (Å²) in [7, 11) is 1.73. The number of aryl methyl sites for hydroxylation is 2. The summed E-state index contributed by atoms with van der Waals surface area (Å²) in [5.41, 5.74) is 2.31. The number of amides is 1. The maximum atomic E-state index is 12.0. The van der Waals surface area contributed by atoms with Gasteiger partial charge in [-0.25, -0.2) is 9.89 Å². The van der Waals surface area contributed by atoms with Gasteiger partial charge in [0.05, 0.1) is 5.69 Å². The Morgan fingerprint density at radius 2 is 2.09 bits per heavy atom. The topological polar surface area (TPSA) is 108 Å². The van der Waals surface area contributed by atoms with Crippen LogP contribution in [0.2, 0.25) is 0 Å². The predicted octanol–water partition coefficient (Wildman–Crippen LogP) is 1.06. The molecule has 3 N–H and O–H groups in total. The molecular formula is C14H14N6O2. The summed E-state index contributed by atoms with van der Waals surface area (Å²) in [4.78, 5) is 25.3. The Labute approximate surface area is 125 Å². The Hall–Kier alpha value is -3.16. The SMILES string of the molecule is Cc1ccccc1-c1cc(NC(=O)c2n[nH]c(=O)[nH]2)n(C)n1. The molecule has 0 aliphatic heterocycles. The van der Waals surface area contributed by atoms with E-state index in [1.165, 1.54) is 0 Å². The van der Waals surface area contributed by atoms with Gasteiger partial charge in [-0.05, 0) is 12.5 Å². The van der Waals surface area contributed by atoms with Crippen LogP contribution in [-0.4, -0.2) is 30.9 Å². The molecule has 8 heteroatoms. The Morgan fingerprint density at radius 1 is 1.32 bits per heavy atom. The lowest BCUT2D eigenvalue weighted by Crippen LogP contribution is -2.16. The van der Waals surface area contributed by atoms with Crippen molar-refractivity contribution in [2.45, 2.75) is 6.92 Å². The van der Waals surface area contributed by atoms with Crippen molar-refractivity contribution in [2.24, 2.45) is 7.05 Å². The van der Waals surface area contributed by atoms with Crippen molar-refractivity contribution in [3.8, 4) is 11.3 Å². The van der Waals surface area contributed by atoms with Gasteiger partial charge in [0.1, 0.15) is 5.82 Å². The first-order chi connectivity index (χ1) is 10.5. The number of carbonyl (C=O) groups excluding carboxylic acids is 1. The fourth-order valence-corrected chi connectivity index (χ4v) is 2.13. The molecule has 0 bridgehead atoms. The van der Waals surface area contributed by atoms with Gasteiger partial charge < -0.3 is 5.32 Å². The standard InChI is InChI=1S/C14H14N6O2/c1-8-5-3-4-6-9(8)10-7-11(20(2)19-10)15-13(21)12-16-14(22)18-17-12/h3-7H,1-2H3,(H,15,21)(H2,16,17,18,22). The van der Waals surface area contributed by atoms with Crippen LogP contribution < -0.4 is 11.0 Å². The normalized spacial score (nSPS) is 10.6. The zero-order valence-electron chi connectivity index (χ0n) is 12.0. The lowest BCUT2D eigenvalue weighted by Gasteiger charge is -2.01. The van der Waals surface area contributed by atoms with Crippen molar-refractivity contribution < 1.29 is 4.79 Å². The highest BCUT2D eigenvalue weighted by Crippen LogP contribution is 2.24. The van der Waals surface area contributed by atoms with Gasteiger partial charge in [0.15, 0.2) is 0 Å². The van der Waals surface area contributed by atoms with Crippen molar-refractivity contribution in [1.29, 1.82) is 0 Å². The van der Waals surface area contributed by atoms with E-state index in [2.05, 4.69) is 25.6 Å². The highest BCUT2D eigenvalue weighted by atomic mass is 16.2. The molecule has 112 valence electrons. The van der Waals surface area contributed by atoms with Crippen LogP contribution in [0.15, 0.2) is 35.1 Å². The summed E-state index contributed by atoms with van der Waals surface area (Å²) in [6.45, 7) is 2.00. The minimum absolute atomic E-state index is 0.0800. The van der Waals surface area contributed by atoms with E-state index in [9.17, 15) is 9.59 Å². The van der Waals surface area contributed by atoms with Gasteiger partial charge in [0.2, 0.25) is 5.82 Å². The van der Waals surface area contributed by atoms with E-state index in [1.807, 2.05) is 31.2 Å². The number of carbonyl (C=O) groups is 1. The third kappa shape index (κ3) is 2.53. The molecular weight excluding hydrogens is 284 g/mol. The molecule has 0 saturated heterocycles. The second-order valence-electron chi connectivity index (χ2n) is 4.83. The number of hydrogen-bond donors (Lipinski definition) is 3. The largest absolute Gasteiger partial charge is 0.341 e. The van der Waals surface area contributed by atoms with E-state index in [4.69, 9.17) is 0 Å². The summed E-state index contributed by atoms with van der Waals surface area (Å²) in [6, 6.07) is 9.62. The fourth-order valence-electron chi connectivity index (χ4n) is 2.13. The van der Waals surface area contributed by atoms with E-state index in [0.717, 1.165) is 16.8 Å². The lowest BCUT2D eigenvalue weighted by atomic mass is 10.1. The van der Waals surface area contributed by atoms with Crippen LogP contribution in [0, 0.1) is 6.92 Å². The van der Waals surface area contributed by atoms with Gasteiger partial charge in [-0.2, -0.15) is 5.10 Å². The summed E-state index contributed by atoms with van der Waals surface area (Å²) < 4.78 is 1.56. The number of aromatic amines is 2. The summed E-state index contributed by atoms with van der Waals surface area (Å²) in [6.07, 6.45) is 0. The first-order valence-electron chi connectivity index (χ1n) is 6.60. The minimum atomic E-state index is -0.532. The van der Waals surface area contributed by atoms with Crippen LogP contribution in [0.4, 0.5) is 5.82 Å². The second kappa shape index (κ2) is 5.32. The molecule has 0 aliphatic rings. The summed E-state index contributed by atoms with van der Waals surface area (Å²) in [5.74, 6) is -0.0894. The zero-order chi connectivity index (χ0) is 15.7. The molecule has 0 atom stereocenters. The zero-order valence-corrected chi connectivity index (χ0v) is 12.0. The van der Waals surface area contributed by atoms with Gasteiger partial charge in [-0.15, -0.1) is 5.10 Å². The molecule has 3 rings (SSSR count). The Morgan fingerprint density at radius 3 is 2.77 bits per heavy atom. The summed E-state index contributed by atoms with van der Waals surface area (Å²) in [5, 5.41) is 12.8. The maximum absolute atomic E-state index is 12.0. The molecule has 8 nitrogen and oxygen atoms in total. The molecule has 2 aromatic heterocycles. The number of anilines is 1. The van der Waals surface area contributed by atoms with E-state index >= 15 is 0 Å². The van der Waals surface area contributed by atoms with Crippen molar-refractivity contribution in [1.82, 2.24) is 25.0 Å². The second-order valence-corrected chi connectivity index (χ2v) is 4.83. The molecule has 0 radical (unpaired) electrons. The number of aromatic nitrogens is 5. The maximum Gasteiger partial charge on any atom is 0.341 e. The van der Waals surface area contributed by atoms with Crippen molar-refractivity contribution in [3.05, 3.63) is 52.2 Å². The van der Waals surface area contributed by atoms with Gasteiger partial charge in [-0.3, -0.25) is 14.5 Å². The van der Waals surface area contributed by atoms with Crippen LogP contribution in [0.3, 0.4) is 0 Å². The third-order valence-electron chi connectivity index (χ3n) is 3.26. The van der Waals surface area contributed by atoms with Gasteiger partial charge in [0, 0.05) is 18.7 Å². The Bertz CT molecular complexity index is 889. The van der Waals surface area contributed by atoms with Crippen LogP contribution in [-0.2, 0) is 7.05 Å². The summed E-state index contributed by atoms with van der Waals surface area (Å²) >= 11 is 0. The number of hydrogen-bond acceptors (Lipinski definition) is 4. The number of nitrogens with zero attached hydrogens (tertiary/aromatic N) is 3. The monoisotopic (exact) mass is 298 g/mol. The predicted molar refractivity (Wildman–Crippen MR) is 80.5 cm³/mol. The molecule has 0 aliphatic carbocycles. The van der Waals surface area contributed by atoms with E-state index in [-0.39, 0.29) is 5.82 Å². The van der Waals surface area contributed by atoms with Crippen LogP contribution in [0.5, 0.6) is 0 Å². The number of H-pyrrole nitrogens is 2. The number of nitrogens with one attached hydrogen (secondary N) is 3. The molecule has 2 heterocycles. The smallest absolute Gasteiger partial charge is 0.304 e. The van der Waals surface area contributed by atoms with E-state index < -0.39 is 11.6 Å². The number of rotatable bonds is 3. The average Bonchev–Trinajstić information content (AvgIpc) is 3.06. The highest BCUT2D eigenvalue weighted by molar-refractivity contribution is 6.01. The molecule has 1 amide bonds. The van der Waals surface area contributed by atoms with Crippen molar-refractivity contribution >= 4 is 11.7 Å². The van der Waals surface area contributed by atoms with E-state index in [0.29, 0.717) is 5.82 Å². The third-order valence-corrected chi connectivity index (χ3v) is 3.26. The molecule has 0 saturated carbocycles.